The summed E-state index contributed by atoms with van der Waals surface area (Å²) in [6.07, 6.45) is 2.26. The highest BCUT2D eigenvalue weighted by molar-refractivity contribution is 5.79. The number of halogens is 1. The van der Waals surface area contributed by atoms with Crippen LogP contribution in [0.15, 0.2) is 48.5 Å². The largest absolute Gasteiger partial charge is 0.497 e. The number of carbonyl (C=O) groups excluding carboxylic acids is 2. The van der Waals surface area contributed by atoms with Crippen molar-refractivity contribution in [1.82, 2.24) is 15.5 Å². The third-order valence-electron chi connectivity index (χ3n) is 6.13. The van der Waals surface area contributed by atoms with E-state index in [-0.39, 0.29) is 30.6 Å². The highest BCUT2D eigenvalue weighted by Gasteiger charge is 2.22. The number of hydrogen-bond acceptors (Lipinski definition) is 5. The van der Waals surface area contributed by atoms with Crippen molar-refractivity contribution in [1.29, 1.82) is 0 Å². The molecule has 2 rings (SSSR count). The average molecular weight is 516 g/mol. The molecule has 2 atom stereocenters. The molecule has 0 saturated carbocycles. The van der Waals surface area contributed by atoms with E-state index in [2.05, 4.69) is 10.6 Å². The zero-order valence-corrected chi connectivity index (χ0v) is 22.3. The van der Waals surface area contributed by atoms with Gasteiger partial charge in [0.1, 0.15) is 11.6 Å². The third-order valence-corrected chi connectivity index (χ3v) is 6.13. The fraction of sp³-hybridized carbons (Fsp3) is 0.517. The van der Waals surface area contributed by atoms with Crippen LogP contribution >= 0.6 is 0 Å². The minimum absolute atomic E-state index is 0.0705. The van der Waals surface area contributed by atoms with Gasteiger partial charge in [-0.1, -0.05) is 38.1 Å². The molecule has 0 fully saturated rings. The van der Waals surface area contributed by atoms with Crippen LogP contribution in [0, 0.1) is 5.82 Å². The lowest BCUT2D eigenvalue weighted by Gasteiger charge is -2.25. The number of carbonyl (C=O) groups is 2. The Balaban J connectivity index is 1.92. The molecule has 0 heterocycles. The first-order chi connectivity index (χ1) is 17.9. The first kappa shape index (κ1) is 30.3. The Morgan fingerprint density at radius 1 is 1.03 bits per heavy atom. The summed E-state index contributed by atoms with van der Waals surface area (Å²) in [4.78, 5) is 27.1. The van der Waals surface area contributed by atoms with Crippen LogP contribution in [0.5, 0.6) is 5.75 Å². The zero-order valence-electron chi connectivity index (χ0n) is 22.3. The summed E-state index contributed by atoms with van der Waals surface area (Å²) < 4.78 is 18.6. The van der Waals surface area contributed by atoms with Crippen molar-refractivity contribution >= 4 is 11.8 Å². The van der Waals surface area contributed by atoms with E-state index < -0.39 is 12.1 Å². The van der Waals surface area contributed by atoms with E-state index in [1.54, 1.807) is 19.2 Å². The fourth-order valence-electron chi connectivity index (χ4n) is 4.19. The minimum Gasteiger partial charge on any atom is -0.497 e. The van der Waals surface area contributed by atoms with E-state index in [4.69, 9.17) is 4.74 Å². The second-order valence-electron chi connectivity index (χ2n) is 9.29. The molecule has 0 saturated heterocycles. The van der Waals surface area contributed by atoms with Gasteiger partial charge in [-0.2, -0.15) is 0 Å². The Hall–Kier alpha value is -2.97. The van der Waals surface area contributed by atoms with Crippen LogP contribution < -0.4 is 15.4 Å². The number of rotatable bonds is 17. The van der Waals surface area contributed by atoms with Gasteiger partial charge in [0, 0.05) is 39.0 Å². The molecule has 0 aliphatic rings. The highest BCUT2D eigenvalue weighted by atomic mass is 19.1. The summed E-state index contributed by atoms with van der Waals surface area (Å²) in [7, 11) is 1.61. The second kappa shape index (κ2) is 16.7. The maximum atomic E-state index is 13.4. The predicted octanol–water partition coefficient (Wildman–Crippen LogP) is 3.83. The molecule has 204 valence electrons. The third kappa shape index (κ3) is 11.3. The van der Waals surface area contributed by atoms with Crippen molar-refractivity contribution in [2.45, 2.75) is 71.1 Å². The van der Waals surface area contributed by atoms with Gasteiger partial charge in [-0.15, -0.1) is 0 Å². The number of amides is 2. The quantitative estimate of drug-likeness (QED) is 0.298. The van der Waals surface area contributed by atoms with Gasteiger partial charge in [-0.05, 0) is 61.1 Å². The Bertz CT molecular complexity index is 948. The zero-order chi connectivity index (χ0) is 27.0. The highest BCUT2D eigenvalue weighted by Crippen LogP contribution is 2.13. The van der Waals surface area contributed by atoms with Gasteiger partial charge in [0.2, 0.25) is 11.8 Å². The molecule has 37 heavy (non-hydrogen) atoms. The van der Waals surface area contributed by atoms with Crippen LogP contribution in [0.3, 0.4) is 0 Å². The Morgan fingerprint density at radius 3 is 2.38 bits per heavy atom. The van der Waals surface area contributed by atoms with Gasteiger partial charge in [-0.25, -0.2) is 4.39 Å². The molecule has 0 aromatic heterocycles. The van der Waals surface area contributed by atoms with Gasteiger partial charge in [0.05, 0.1) is 19.3 Å². The first-order valence-electron chi connectivity index (χ1n) is 13.2. The summed E-state index contributed by atoms with van der Waals surface area (Å²) in [6.45, 7) is 6.33. The van der Waals surface area contributed by atoms with Gasteiger partial charge in [-0.3, -0.25) is 9.59 Å². The monoisotopic (exact) mass is 515 g/mol. The van der Waals surface area contributed by atoms with Crippen molar-refractivity contribution in [3.63, 3.8) is 0 Å². The van der Waals surface area contributed by atoms with Gasteiger partial charge in [0.15, 0.2) is 0 Å². The Kier molecular flexibility index (Phi) is 13.7. The Labute approximate surface area is 220 Å². The lowest BCUT2D eigenvalue weighted by Crippen LogP contribution is -2.48. The number of nitrogens with one attached hydrogen (secondary N) is 2. The van der Waals surface area contributed by atoms with Crippen LogP contribution in [0.25, 0.3) is 0 Å². The number of benzene rings is 2. The first-order valence-corrected chi connectivity index (χ1v) is 13.2. The van der Waals surface area contributed by atoms with E-state index in [0.29, 0.717) is 25.8 Å². The molecule has 0 spiro atoms. The molecule has 0 bridgehead atoms. The number of aliphatic hydroxyl groups is 1. The number of nitrogens with zero attached hydrogens (tertiary/aromatic N) is 1. The van der Waals surface area contributed by atoms with Crippen LogP contribution in [-0.4, -0.2) is 60.7 Å². The average Bonchev–Trinajstić information content (AvgIpc) is 2.89. The van der Waals surface area contributed by atoms with Crippen LogP contribution in [0.1, 0.15) is 57.1 Å². The molecule has 2 aromatic rings. The number of methoxy groups -OCH3 is 1. The molecule has 0 unspecified atom stereocenters. The molecule has 8 heteroatoms. The van der Waals surface area contributed by atoms with Crippen molar-refractivity contribution < 1.29 is 23.8 Å². The summed E-state index contributed by atoms with van der Waals surface area (Å²) in [6, 6.07) is 13.1. The molecule has 2 amide bonds. The van der Waals surface area contributed by atoms with Crippen molar-refractivity contribution in [2.24, 2.45) is 0 Å². The Morgan fingerprint density at radius 2 is 1.73 bits per heavy atom. The normalized spacial score (nSPS) is 12.6. The molecule has 0 aliphatic carbocycles. The van der Waals surface area contributed by atoms with Gasteiger partial charge in [0.25, 0.3) is 0 Å². The lowest BCUT2D eigenvalue weighted by molar-refractivity contribution is -0.131. The summed E-state index contributed by atoms with van der Waals surface area (Å²) in [5.41, 5.74) is 1.82. The molecule has 0 radical (unpaired) electrons. The van der Waals surface area contributed by atoms with Gasteiger partial charge >= 0.3 is 0 Å². The minimum atomic E-state index is -0.870. The topological polar surface area (TPSA) is 90.9 Å². The van der Waals surface area contributed by atoms with E-state index in [0.717, 1.165) is 42.8 Å². The summed E-state index contributed by atoms with van der Waals surface area (Å²) in [5, 5.41) is 17.1. The molecule has 3 N–H and O–H groups in total. The maximum Gasteiger partial charge on any atom is 0.222 e. The van der Waals surface area contributed by atoms with E-state index in [9.17, 15) is 19.1 Å². The summed E-state index contributed by atoms with van der Waals surface area (Å²) in [5.74, 6) is 0.271. The van der Waals surface area contributed by atoms with Crippen LogP contribution in [-0.2, 0) is 22.6 Å². The van der Waals surface area contributed by atoms with E-state index in [1.807, 2.05) is 43.0 Å². The summed E-state index contributed by atoms with van der Waals surface area (Å²) >= 11 is 0. The van der Waals surface area contributed by atoms with Gasteiger partial charge < -0.3 is 25.4 Å². The lowest BCUT2D eigenvalue weighted by atomic mass is 10.0. The van der Waals surface area contributed by atoms with Crippen molar-refractivity contribution in [3.05, 3.63) is 65.5 Å². The van der Waals surface area contributed by atoms with Crippen molar-refractivity contribution in [3.8, 4) is 5.75 Å². The second-order valence-corrected chi connectivity index (χ2v) is 9.29. The smallest absolute Gasteiger partial charge is 0.222 e. The molecule has 7 nitrogen and oxygen atoms in total. The maximum absolute atomic E-state index is 13.4. The van der Waals surface area contributed by atoms with E-state index in [1.165, 1.54) is 12.1 Å². The van der Waals surface area contributed by atoms with E-state index >= 15 is 0 Å². The number of aliphatic hydroxyl groups excluding tert-OH is 1. The molecule has 2 aromatic carbocycles. The van der Waals surface area contributed by atoms with Crippen LogP contribution in [0.4, 0.5) is 4.39 Å². The predicted molar refractivity (Wildman–Crippen MR) is 144 cm³/mol. The molecular weight excluding hydrogens is 473 g/mol. The van der Waals surface area contributed by atoms with Crippen LogP contribution in [0.2, 0.25) is 0 Å². The number of hydrogen-bond donors (Lipinski definition) is 3. The number of ether oxygens (including phenoxy) is 1. The standard InChI is InChI=1S/C29H42FN3O4/c1-4-16-33(17-5-2)29(36)11-7-10-28(35)32-26(19-22-12-14-24(30)15-13-22)27(34)21-31-20-23-8-6-9-25(18-23)37-3/h6,8-9,12-15,18,26-27,31,34H,4-5,7,10-11,16-17,19-21H2,1-3H3,(H,32,35)/t26-,27+/m0/s1. The SMILES string of the molecule is CCCN(CCC)C(=O)CCCC(=O)N[C@@H](Cc1ccc(F)cc1)[C@H](O)CNCc1cccc(OC)c1. The van der Waals surface area contributed by atoms with Crippen molar-refractivity contribution in [2.75, 3.05) is 26.7 Å². The molecule has 0 aliphatic heterocycles. The molecular formula is C29H42FN3O4. The fourth-order valence-corrected chi connectivity index (χ4v) is 4.19.